The van der Waals surface area contributed by atoms with Crippen molar-refractivity contribution < 1.29 is 27.5 Å². The van der Waals surface area contributed by atoms with Crippen LogP contribution in [0, 0.1) is 17.5 Å². The molecule has 0 radical (unpaired) electrons. The number of carboxylic acid groups (broad SMARTS) is 1. The van der Waals surface area contributed by atoms with Crippen LogP contribution in [0.25, 0.3) is 11.5 Å². The smallest absolute Gasteiger partial charge is 0.373 e. The van der Waals surface area contributed by atoms with Crippen molar-refractivity contribution in [1.29, 1.82) is 0 Å². The van der Waals surface area contributed by atoms with Gasteiger partial charge in [-0.2, -0.15) is 0 Å². The summed E-state index contributed by atoms with van der Waals surface area (Å²) >= 11 is 0. The number of carboxylic acids is 1. The molecule has 21 heavy (non-hydrogen) atoms. The second-order valence-corrected chi connectivity index (χ2v) is 5.51. The molecule has 0 saturated carbocycles. The Labute approximate surface area is 118 Å². The van der Waals surface area contributed by atoms with Gasteiger partial charge in [0.15, 0.2) is 17.5 Å². The Morgan fingerprint density at radius 3 is 2.10 bits per heavy atom. The topological polar surface area (TPSA) is 63.3 Å². The van der Waals surface area contributed by atoms with E-state index in [1.807, 2.05) is 0 Å². The van der Waals surface area contributed by atoms with Crippen LogP contribution in [0.3, 0.4) is 0 Å². The van der Waals surface area contributed by atoms with Gasteiger partial charge in [0.25, 0.3) is 0 Å². The van der Waals surface area contributed by atoms with E-state index in [2.05, 4.69) is 4.98 Å². The third-order valence-corrected chi connectivity index (χ3v) is 2.76. The van der Waals surface area contributed by atoms with E-state index in [1.165, 1.54) is 0 Å². The van der Waals surface area contributed by atoms with Crippen molar-refractivity contribution in [2.75, 3.05) is 0 Å². The van der Waals surface area contributed by atoms with Gasteiger partial charge in [-0.1, -0.05) is 20.8 Å². The molecule has 7 heteroatoms. The van der Waals surface area contributed by atoms with E-state index < -0.39 is 34.6 Å². The van der Waals surface area contributed by atoms with Gasteiger partial charge in [0.2, 0.25) is 11.7 Å². The quantitative estimate of drug-likeness (QED) is 0.858. The molecular weight excluding hydrogens is 287 g/mol. The normalized spacial score (nSPS) is 11.7. The van der Waals surface area contributed by atoms with Crippen LogP contribution < -0.4 is 0 Å². The average molecular weight is 299 g/mol. The maximum atomic E-state index is 13.2. The van der Waals surface area contributed by atoms with Gasteiger partial charge < -0.3 is 9.52 Å². The summed E-state index contributed by atoms with van der Waals surface area (Å²) in [5, 5.41) is 9.10. The first-order valence-electron chi connectivity index (χ1n) is 6.00. The molecule has 112 valence electrons. The zero-order valence-corrected chi connectivity index (χ0v) is 11.5. The Balaban J connectivity index is 2.64. The SMILES string of the molecule is CC(C)(C)c1nc(-c2cc(F)c(F)c(F)c2)oc1C(=O)O. The lowest BCUT2D eigenvalue weighted by atomic mass is 9.91. The minimum absolute atomic E-state index is 0.134. The number of oxazole rings is 1. The van der Waals surface area contributed by atoms with E-state index in [0.717, 1.165) is 0 Å². The summed E-state index contributed by atoms with van der Waals surface area (Å²) in [5.41, 5.74) is -0.688. The predicted octanol–water partition coefficient (Wildman–Crippen LogP) is 3.75. The standard InChI is InChI=1S/C14H12F3NO3/c1-14(2,3)11-10(13(19)20)21-12(18-11)6-4-7(15)9(17)8(16)5-6/h4-5H,1-3H3,(H,19,20). The lowest BCUT2D eigenvalue weighted by Crippen LogP contribution is -2.16. The number of benzene rings is 1. The highest BCUT2D eigenvalue weighted by Gasteiger charge is 2.29. The molecule has 2 aromatic rings. The van der Waals surface area contributed by atoms with E-state index >= 15 is 0 Å². The predicted molar refractivity (Wildman–Crippen MR) is 67.5 cm³/mol. The minimum Gasteiger partial charge on any atom is -0.475 e. The van der Waals surface area contributed by atoms with Crippen molar-refractivity contribution in [3.05, 3.63) is 41.0 Å². The zero-order chi connectivity index (χ0) is 15.9. The third kappa shape index (κ3) is 2.76. The molecule has 0 fully saturated rings. The summed E-state index contributed by atoms with van der Waals surface area (Å²) in [6.07, 6.45) is 0. The summed E-state index contributed by atoms with van der Waals surface area (Å²) < 4.78 is 44.5. The van der Waals surface area contributed by atoms with Crippen molar-refractivity contribution in [3.8, 4) is 11.5 Å². The van der Waals surface area contributed by atoms with E-state index in [1.54, 1.807) is 20.8 Å². The zero-order valence-electron chi connectivity index (χ0n) is 11.5. The number of halogens is 3. The number of nitrogens with zero attached hydrogens (tertiary/aromatic N) is 1. The fourth-order valence-corrected chi connectivity index (χ4v) is 1.78. The fourth-order valence-electron chi connectivity index (χ4n) is 1.78. The molecule has 0 aliphatic heterocycles. The maximum absolute atomic E-state index is 13.2. The van der Waals surface area contributed by atoms with Crippen LogP contribution in [-0.2, 0) is 5.41 Å². The maximum Gasteiger partial charge on any atom is 0.373 e. The summed E-state index contributed by atoms with van der Waals surface area (Å²) in [6, 6.07) is 1.39. The van der Waals surface area contributed by atoms with Crippen LogP contribution in [0.5, 0.6) is 0 Å². The second-order valence-electron chi connectivity index (χ2n) is 5.51. The highest BCUT2D eigenvalue weighted by molar-refractivity contribution is 5.86. The number of hydrogen-bond acceptors (Lipinski definition) is 3. The lowest BCUT2D eigenvalue weighted by molar-refractivity contribution is 0.0659. The van der Waals surface area contributed by atoms with Gasteiger partial charge in [0, 0.05) is 11.0 Å². The van der Waals surface area contributed by atoms with E-state index in [0.29, 0.717) is 12.1 Å². The number of hydrogen-bond donors (Lipinski definition) is 1. The van der Waals surface area contributed by atoms with Gasteiger partial charge in [-0.25, -0.2) is 22.9 Å². The first-order valence-corrected chi connectivity index (χ1v) is 6.00. The van der Waals surface area contributed by atoms with Gasteiger partial charge in [-0.05, 0) is 12.1 Å². The van der Waals surface area contributed by atoms with E-state index in [9.17, 15) is 18.0 Å². The first-order chi connectivity index (χ1) is 9.61. The van der Waals surface area contributed by atoms with E-state index in [-0.39, 0.29) is 17.1 Å². The van der Waals surface area contributed by atoms with Crippen molar-refractivity contribution >= 4 is 5.97 Å². The molecule has 0 unspecified atom stereocenters. The fraction of sp³-hybridized carbons (Fsp3) is 0.286. The second kappa shape index (κ2) is 4.91. The molecule has 4 nitrogen and oxygen atoms in total. The van der Waals surface area contributed by atoms with Crippen LogP contribution >= 0.6 is 0 Å². The first kappa shape index (κ1) is 15.1. The molecule has 0 bridgehead atoms. The van der Waals surface area contributed by atoms with E-state index in [4.69, 9.17) is 9.52 Å². The molecule has 1 heterocycles. The molecule has 0 atom stereocenters. The van der Waals surface area contributed by atoms with Crippen molar-refractivity contribution in [2.24, 2.45) is 0 Å². The van der Waals surface area contributed by atoms with Crippen molar-refractivity contribution in [3.63, 3.8) is 0 Å². The van der Waals surface area contributed by atoms with Gasteiger partial charge in [0.05, 0.1) is 0 Å². The van der Waals surface area contributed by atoms with Crippen LogP contribution in [0.4, 0.5) is 13.2 Å². The van der Waals surface area contributed by atoms with Gasteiger partial charge in [-0.15, -0.1) is 0 Å². The van der Waals surface area contributed by atoms with Crippen LogP contribution in [-0.4, -0.2) is 16.1 Å². The molecule has 0 aliphatic rings. The number of aromatic nitrogens is 1. The third-order valence-electron chi connectivity index (χ3n) is 2.76. The molecule has 0 saturated heterocycles. The average Bonchev–Trinajstić information content (AvgIpc) is 2.80. The molecular formula is C14H12F3NO3. The van der Waals surface area contributed by atoms with Crippen LogP contribution in [0.15, 0.2) is 16.5 Å². The van der Waals surface area contributed by atoms with Crippen molar-refractivity contribution in [2.45, 2.75) is 26.2 Å². The summed E-state index contributed by atoms with van der Waals surface area (Å²) in [4.78, 5) is 15.1. The highest BCUT2D eigenvalue weighted by atomic mass is 19.2. The van der Waals surface area contributed by atoms with Gasteiger partial charge >= 0.3 is 5.97 Å². The van der Waals surface area contributed by atoms with Gasteiger partial charge in [-0.3, -0.25) is 0 Å². The Kier molecular flexibility index (Phi) is 3.52. The largest absolute Gasteiger partial charge is 0.475 e. The van der Waals surface area contributed by atoms with Crippen LogP contribution in [0.1, 0.15) is 37.0 Å². The molecule has 1 aromatic carbocycles. The Bertz CT molecular complexity index is 694. The lowest BCUT2D eigenvalue weighted by Gasteiger charge is -2.14. The Morgan fingerprint density at radius 1 is 1.19 bits per heavy atom. The molecule has 0 spiro atoms. The minimum atomic E-state index is -1.61. The van der Waals surface area contributed by atoms with Gasteiger partial charge in [0.1, 0.15) is 5.69 Å². The Hall–Kier alpha value is -2.31. The highest BCUT2D eigenvalue weighted by Crippen LogP contribution is 2.31. The molecule has 0 aliphatic carbocycles. The number of aromatic carboxylic acids is 1. The Morgan fingerprint density at radius 2 is 1.71 bits per heavy atom. The monoisotopic (exact) mass is 299 g/mol. The van der Waals surface area contributed by atoms with Crippen LogP contribution in [0.2, 0.25) is 0 Å². The molecule has 1 aromatic heterocycles. The van der Waals surface area contributed by atoms with Crippen molar-refractivity contribution in [1.82, 2.24) is 4.98 Å². The summed E-state index contributed by atoms with van der Waals surface area (Å²) in [6.45, 7) is 5.15. The summed E-state index contributed by atoms with van der Waals surface area (Å²) in [5.74, 6) is -6.46. The number of carbonyl (C=O) groups is 1. The molecule has 0 amide bonds. The molecule has 1 N–H and O–H groups in total. The summed E-state index contributed by atoms with van der Waals surface area (Å²) in [7, 11) is 0. The number of rotatable bonds is 2. The molecule has 2 rings (SSSR count).